The molecule has 0 unspecified atom stereocenters. The van der Waals surface area contributed by atoms with Crippen molar-refractivity contribution in [3.63, 3.8) is 0 Å². The van der Waals surface area contributed by atoms with E-state index in [2.05, 4.69) is 4.98 Å². The molecule has 6 heteroatoms. The van der Waals surface area contributed by atoms with Crippen LogP contribution in [-0.2, 0) is 21.1 Å². The molecule has 0 aliphatic carbocycles. The minimum atomic E-state index is -2.67. The Morgan fingerprint density at radius 3 is 2.71 bits per heavy atom. The highest BCUT2D eigenvalue weighted by Gasteiger charge is 2.11. The number of imidazole rings is 1. The summed E-state index contributed by atoms with van der Waals surface area (Å²) in [4.78, 5) is 27.4. The molecule has 0 saturated carbocycles. The lowest BCUT2D eigenvalue weighted by Gasteiger charge is -2.02. The van der Waals surface area contributed by atoms with Crippen LogP contribution in [0.3, 0.4) is 0 Å². The van der Waals surface area contributed by atoms with Crippen LogP contribution in [0.1, 0.15) is 4.11 Å². The van der Waals surface area contributed by atoms with E-state index in [0.717, 1.165) is 4.57 Å². The van der Waals surface area contributed by atoms with Gasteiger partial charge in [-0.25, -0.2) is 9.78 Å². The van der Waals surface area contributed by atoms with E-state index in [1.807, 2.05) is 0 Å². The zero-order valence-corrected chi connectivity index (χ0v) is 7.68. The van der Waals surface area contributed by atoms with Gasteiger partial charge >= 0.3 is 5.69 Å². The summed E-state index contributed by atoms with van der Waals surface area (Å²) < 4.78 is 24.6. The second-order valence-electron chi connectivity index (χ2n) is 3.01. The van der Waals surface area contributed by atoms with Gasteiger partial charge in [0, 0.05) is 25.2 Å². The van der Waals surface area contributed by atoms with Gasteiger partial charge in [0.25, 0.3) is 5.56 Å². The molecule has 0 N–H and O–H groups in total. The normalized spacial score (nSPS) is 15.1. The van der Waals surface area contributed by atoms with Crippen LogP contribution < -0.4 is 11.2 Å². The average molecular weight is 197 g/mol. The minimum Gasteiger partial charge on any atom is -0.328 e. The lowest BCUT2D eigenvalue weighted by molar-refractivity contribution is 0.705. The van der Waals surface area contributed by atoms with Gasteiger partial charge in [0.15, 0.2) is 11.2 Å². The van der Waals surface area contributed by atoms with Gasteiger partial charge in [-0.2, -0.15) is 0 Å². The van der Waals surface area contributed by atoms with E-state index in [1.54, 1.807) is 7.05 Å². The highest BCUT2D eigenvalue weighted by molar-refractivity contribution is 5.69. The van der Waals surface area contributed by atoms with Crippen molar-refractivity contribution < 1.29 is 4.11 Å². The van der Waals surface area contributed by atoms with Crippen molar-refractivity contribution in [2.45, 2.75) is 0 Å². The van der Waals surface area contributed by atoms with Crippen molar-refractivity contribution >= 4 is 11.2 Å². The molecule has 74 valence electrons. The lowest BCUT2D eigenvalue weighted by Crippen LogP contribution is -2.37. The van der Waals surface area contributed by atoms with Crippen LogP contribution in [0.25, 0.3) is 11.2 Å². The second-order valence-corrected chi connectivity index (χ2v) is 3.01. The highest BCUT2D eigenvalue weighted by atomic mass is 16.2. The summed E-state index contributed by atoms with van der Waals surface area (Å²) in [5.74, 6) is 0. The first-order chi connectivity index (χ1) is 7.75. The fourth-order valence-corrected chi connectivity index (χ4v) is 1.31. The molecule has 2 aromatic rings. The molecule has 0 aliphatic heterocycles. The van der Waals surface area contributed by atoms with Crippen LogP contribution in [0.4, 0.5) is 0 Å². The number of aromatic nitrogens is 4. The number of nitrogens with zero attached hydrogens (tertiary/aromatic N) is 4. The van der Waals surface area contributed by atoms with Gasteiger partial charge in [0.2, 0.25) is 0 Å². The van der Waals surface area contributed by atoms with Crippen LogP contribution in [0.5, 0.6) is 0 Å². The molecule has 0 saturated heterocycles. The fraction of sp³-hybridized carbons (Fsp3) is 0.375. The first-order valence-corrected chi connectivity index (χ1v) is 3.88. The minimum absolute atomic E-state index is 0.0863. The van der Waals surface area contributed by atoms with Crippen molar-refractivity contribution in [3.05, 3.63) is 27.2 Å². The number of aryl methyl sites for hydroxylation is 2. The number of rotatable bonds is 0. The van der Waals surface area contributed by atoms with Crippen LogP contribution in [-0.4, -0.2) is 18.7 Å². The molecule has 0 fully saturated rings. The molecule has 2 heterocycles. The fourth-order valence-electron chi connectivity index (χ4n) is 1.31. The average Bonchev–Trinajstić information content (AvgIpc) is 2.55. The molecule has 0 bridgehead atoms. The maximum Gasteiger partial charge on any atom is 0.332 e. The molecular weight excluding hydrogens is 184 g/mol. The third kappa shape index (κ3) is 0.876. The third-order valence-corrected chi connectivity index (χ3v) is 2.11. The summed E-state index contributed by atoms with van der Waals surface area (Å²) in [6.07, 6.45) is 1.30. The molecular formula is C8H10N4O2. The highest BCUT2D eigenvalue weighted by Crippen LogP contribution is 2.01. The van der Waals surface area contributed by atoms with E-state index in [4.69, 9.17) is 4.11 Å². The molecule has 14 heavy (non-hydrogen) atoms. The number of hydrogen-bond acceptors (Lipinski definition) is 3. The summed E-state index contributed by atoms with van der Waals surface area (Å²) in [7, 11) is 2.80. The lowest BCUT2D eigenvalue weighted by atomic mass is 10.5. The first kappa shape index (κ1) is 5.79. The van der Waals surface area contributed by atoms with E-state index in [1.165, 1.54) is 17.9 Å². The predicted molar refractivity (Wildman–Crippen MR) is 51.2 cm³/mol. The van der Waals surface area contributed by atoms with Crippen molar-refractivity contribution in [2.24, 2.45) is 21.1 Å². The Morgan fingerprint density at radius 1 is 1.36 bits per heavy atom. The molecule has 0 radical (unpaired) electrons. The topological polar surface area (TPSA) is 61.8 Å². The van der Waals surface area contributed by atoms with Gasteiger partial charge in [-0.3, -0.25) is 13.9 Å². The van der Waals surface area contributed by atoms with E-state index in [0.29, 0.717) is 4.57 Å². The maximum absolute atomic E-state index is 11.8. The van der Waals surface area contributed by atoms with E-state index in [-0.39, 0.29) is 11.2 Å². The van der Waals surface area contributed by atoms with Crippen LogP contribution in [0.2, 0.25) is 0 Å². The van der Waals surface area contributed by atoms with Crippen molar-refractivity contribution in [2.75, 3.05) is 0 Å². The Labute approximate surface area is 83.2 Å². The van der Waals surface area contributed by atoms with Gasteiger partial charge in [-0.1, -0.05) is 0 Å². The van der Waals surface area contributed by atoms with Gasteiger partial charge < -0.3 is 4.57 Å². The monoisotopic (exact) mass is 197 g/mol. The molecule has 0 amide bonds. The Kier molecular flexibility index (Phi) is 1.06. The van der Waals surface area contributed by atoms with Gasteiger partial charge in [-0.05, 0) is 0 Å². The second kappa shape index (κ2) is 2.57. The zero-order chi connectivity index (χ0) is 13.0. The molecule has 2 aromatic heterocycles. The van der Waals surface area contributed by atoms with Gasteiger partial charge in [0.05, 0.1) is 6.33 Å². The summed E-state index contributed by atoms with van der Waals surface area (Å²) in [6.45, 7) is -2.67. The van der Waals surface area contributed by atoms with Crippen LogP contribution >= 0.6 is 0 Å². The van der Waals surface area contributed by atoms with Gasteiger partial charge in [0.1, 0.15) is 0 Å². The molecule has 0 aliphatic rings. The Hall–Kier alpha value is -1.85. The summed E-state index contributed by atoms with van der Waals surface area (Å²) in [5.41, 5.74) is -1.50. The van der Waals surface area contributed by atoms with Gasteiger partial charge in [-0.15, -0.1) is 0 Å². The van der Waals surface area contributed by atoms with Crippen molar-refractivity contribution in [1.82, 2.24) is 18.7 Å². The molecule has 0 atom stereocenters. The number of fused-ring (bicyclic) bond motifs is 1. The largest absolute Gasteiger partial charge is 0.332 e. The Bertz CT molecular complexity index is 706. The van der Waals surface area contributed by atoms with E-state index >= 15 is 0 Å². The zero-order valence-electron chi connectivity index (χ0n) is 10.7. The van der Waals surface area contributed by atoms with E-state index in [9.17, 15) is 9.59 Å². The first-order valence-electron chi connectivity index (χ1n) is 5.38. The Balaban J connectivity index is 3.14. The molecule has 6 nitrogen and oxygen atoms in total. The summed E-state index contributed by atoms with van der Waals surface area (Å²) >= 11 is 0. The van der Waals surface area contributed by atoms with Crippen LogP contribution in [0, 0.1) is 0 Å². The SMILES string of the molecule is [2H]C([2H])([2H])n1c(=O)n(C)c(=O)c2c1ncn2C. The van der Waals surface area contributed by atoms with Crippen molar-refractivity contribution in [3.8, 4) is 0 Å². The smallest absolute Gasteiger partial charge is 0.328 e. The molecule has 0 spiro atoms. The maximum atomic E-state index is 11.8. The van der Waals surface area contributed by atoms with Crippen LogP contribution in [0.15, 0.2) is 15.9 Å². The predicted octanol–water partition coefficient (Wildman–Crippen LogP) is -1.03. The number of hydrogen-bond donors (Lipinski definition) is 0. The third-order valence-electron chi connectivity index (χ3n) is 2.11. The van der Waals surface area contributed by atoms with E-state index < -0.39 is 18.2 Å². The summed E-state index contributed by atoms with van der Waals surface area (Å²) in [5, 5.41) is 0. The quantitative estimate of drug-likeness (QED) is 0.542. The van der Waals surface area contributed by atoms with Crippen molar-refractivity contribution in [1.29, 1.82) is 0 Å². The standard InChI is InChI=1S/C8H10N4O2/c1-10-4-9-6-5(10)7(13)12(3)8(14)11(6)2/h4H,1-3H3/i2D3. The molecule has 2 rings (SSSR count). The molecule has 0 aromatic carbocycles. The summed E-state index contributed by atoms with van der Waals surface area (Å²) in [6, 6.07) is 0. The Morgan fingerprint density at radius 2 is 2.07 bits per heavy atom.